The van der Waals surface area contributed by atoms with Crippen molar-refractivity contribution in [3.8, 4) is 0 Å². The molecule has 13 nitrogen and oxygen atoms in total. The molecular weight excluding hydrogens is 428 g/mol. The Morgan fingerprint density at radius 1 is 1.19 bits per heavy atom. The van der Waals surface area contributed by atoms with Crippen molar-refractivity contribution < 1.29 is 38.2 Å². The third-order valence-electron chi connectivity index (χ3n) is 4.96. The van der Waals surface area contributed by atoms with Crippen molar-refractivity contribution in [2.45, 2.75) is 58.3 Å². The van der Waals surface area contributed by atoms with Gasteiger partial charge in [0.05, 0.1) is 5.92 Å². The van der Waals surface area contributed by atoms with Crippen LogP contribution in [0.2, 0.25) is 0 Å². The third kappa shape index (κ3) is 4.99. The van der Waals surface area contributed by atoms with E-state index >= 15 is 0 Å². The Bertz CT molecular complexity index is 932. The number of carbonyl (C=O) groups excluding carboxylic acids is 3. The second kappa shape index (κ2) is 9.53. The monoisotopic (exact) mass is 454 g/mol. The minimum absolute atomic E-state index is 0.0350. The summed E-state index contributed by atoms with van der Waals surface area (Å²) < 4.78 is 22.3. The molecule has 3 N–H and O–H groups in total. The molecule has 3 heterocycles. The zero-order valence-corrected chi connectivity index (χ0v) is 18.0. The highest BCUT2D eigenvalue weighted by atomic mass is 16.8. The van der Waals surface area contributed by atoms with E-state index in [9.17, 15) is 19.2 Å². The number of rotatable bonds is 8. The van der Waals surface area contributed by atoms with Crippen molar-refractivity contribution in [3.05, 3.63) is 22.7 Å². The van der Waals surface area contributed by atoms with Gasteiger partial charge in [0.1, 0.15) is 18.8 Å². The number of esters is 1. The molecule has 0 saturated carbocycles. The van der Waals surface area contributed by atoms with Crippen molar-refractivity contribution in [1.29, 1.82) is 0 Å². The number of nitrogens with zero attached hydrogens (tertiary/aromatic N) is 2. The molecule has 0 radical (unpaired) electrons. The number of nitrogens with one attached hydrogen (secondary N) is 1. The molecule has 0 aromatic carbocycles. The summed E-state index contributed by atoms with van der Waals surface area (Å²) in [6, 6.07) is 0.517. The lowest BCUT2D eigenvalue weighted by molar-refractivity contribution is -0.154. The minimum atomic E-state index is -1.06. The van der Waals surface area contributed by atoms with Gasteiger partial charge in [0, 0.05) is 12.3 Å². The molecule has 32 heavy (non-hydrogen) atoms. The molecule has 2 aliphatic heterocycles. The number of nitrogens with two attached hydrogens (primary N) is 1. The first-order valence-corrected chi connectivity index (χ1v) is 10.1. The smallest absolute Gasteiger partial charge is 0.463 e. The molecule has 2 saturated heterocycles. The maximum Gasteiger partial charge on any atom is 0.509 e. The van der Waals surface area contributed by atoms with Crippen molar-refractivity contribution in [1.82, 2.24) is 9.55 Å². The Morgan fingerprint density at radius 3 is 2.50 bits per heavy atom. The van der Waals surface area contributed by atoms with Gasteiger partial charge in [0.2, 0.25) is 0 Å². The predicted molar refractivity (Wildman–Crippen MR) is 106 cm³/mol. The molecular formula is C19H26N4O9. The number of hydrogen-bond donors (Lipinski definition) is 2. The minimum Gasteiger partial charge on any atom is -0.463 e. The van der Waals surface area contributed by atoms with Gasteiger partial charge in [0.15, 0.2) is 24.3 Å². The fourth-order valence-corrected chi connectivity index (χ4v) is 3.02. The van der Waals surface area contributed by atoms with Gasteiger partial charge in [-0.1, -0.05) is 27.7 Å². The standard InChI is InChI=1S/C19H26N4O9/c1-8(2)12(20)17(25)32-22-11-5-6-23(18(26)21-11)15-14-13(30-19(27)31-14)10(29-15)7-28-16(24)9(3)4/h5-6,8-10,12-15H,7,20H2,1-4H3,(H,21,22,26)/t10-,12-,13-,14-,15-/m1/s1. The van der Waals surface area contributed by atoms with Crippen LogP contribution in [0.25, 0.3) is 0 Å². The summed E-state index contributed by atoms with van der Waals surface area (Å²) in [7, 11) is 0. The lowest BCUT2D eigenvalue weighted by Crippen LogP contribution is -2.38. The van der Waals surface area contributed by atoms with Gasteiger partial charge in [-0.2, -0.15) is 4.98 Å². The Kier molecular flexibility index (Phi) is 6.99. The zero-order valence-electron chi connectivity index (χ0n) is 18.0. The van der Waals surface area contributed by atoms with E-state index in [-0.39, 0.29) is 24.3 Å². The van der Waals surface area contributed by atoms with Crippen LogP contribution in [0.4, 0.5) is 10.6 Å². The highest BCUT2D eigenvalue weighted by Crippen LogP contribution is 2.37. The van der Waals surface area contributed by atoms with Gasteiger partial charge >= 0.3 is 23.8 Å². The highest BCUT2D eigenvalue weighted by molar-refractivity contribution is 5.76. The van der Waals surface area contributed by atoms with Crippen LogP contribution in [0.15, 0.2) is 17.1 Å². The predicted octanol–water partition coefficient (Wildman–Crippen LogP) is 0.0973. The molecule has 0 spiro atoms. The van der Waals surface area contributed by atoms with Crippen molar-refractivity contribution >= 4 is 23.9 Å². The Labute approximate surface area is 183 Å². The van der Waals surface area contributed by atoms with Gasteiger partial charge in [-0.3, -0.25) is 9.36 Å². The summed E-state index contributed by atoms with van der Waals surface area (Å²) in [6.07, 6.45) is -3.28. The molecule has 176 valence electrons. The Hall–Kier alpha value is -3.19. The van der Waals surface area contributed by atoms with Crippen LogP contribution in [-0.2, 0) is 33.4 Å². The summed E-state index contributed by atoms with van der Waals surface area (Å²) in [6.45, 7) is 6.69. The second-order valence-corrected chi connectivity index (χ2v) is 8.06. The maximum absolute atomic E-state index is 12.5. The fourth-order valence-electron chi connectivity index (χ4n) is 3.02. The fraction of sp³-hybridized carbons (Fsp3) is 0.632. The van der Waals surface area contributed by atoms with Gasteiger partial charge < -0.3 is 29.5 Å². The van der Waals surface area contributed by atoms with E-state index in [0.717, 1.165) is 4.57 Å². The Morgan fingerprint density at radius 2 is 1.88 bits per heavy atom. The van der Waals surface area contributed by atoms with E-state index in [1.54, 1.807) is 27.7 Å². The summed E-state index contributed by atoms with van der Waals surface area (Å²) in [5.74, 6) is -1.67. The van der Waals surface area contributed by atoms with Gasteiger partial charge in [-0.25, -0.2) is 19.9 Å². The topological polar surface area (TPSA) is 170 Å². The number of anilines is 1. The summed E-state index contributed by atoms with van der Waals surface area (Å²) in [4.78, 5) is 56.4. The molecule has 0 amide bonds. The van der Waals surface area contributed by atoms with E-state index < -0.39 is 54.4 Å². The number of carbonyl (C=O) groups is 3. The average molecular weight is 454 g/mol. The quantitative estimate of drug-likeness (QED) is 0.309. The van der Waals surface area contributed by atoms with Crippen LogP contribution >= 0.6 is 0 Å². The maximum atomic E-state index is 12.5. The van der Waals surface area contributed by atoms with E-state index in [2.05, 4.69) is 10.5 Å². The van der Waals surface area contributed by atoms with Crippen molar-refractivity contribution in [2.24, 2.45) is 17.6 Å². The van der Waals surface area contributed by atoms with Crippen LogP contribution in [0.1, 0.15) is 33.9 Å². The lowest BCUT2D eigenvalue weighted by Gasteiger charge is -2.19. The molecule has 3 rings (SSSR count). The average Bonchev–Trinajstić information content (AvgIpc) is 3.27. The van der Waals surface area contributed by atoms with E-state index in [1.165, 1.54) is 12.3 Å². The molecule has 5 atom stereocenters. The van der Waals surface area contributed by atoms with Crippen molar-refractivity contribution in [3.63, 3.8) is 0 Å². The van der Waals surface area contributed by atoms with Crippen LogP contribution in [0, 0.1) is 11.8 Å². The highest BCUT2D eigenvalue weighted by Gasteiger charge is 2.55. The number of ether oxygens (including phenoxy) is 4. The zero-order chi connectivity index (χ0) is 23.6. The molecule has 1 aromatic rings. The second-order valence-electron chi connectivity index (χ2n) is 8.06. The normalized spacial score (nSPS) is 25.2. The first-order chi connectivity index (χ1) is 15.1. The molecule has 0 bridgehead atoms. The molecule has 2 aliphatic rings. The van der Waals surface area contributed by atoms with Gasteiger partial charge in [-0.05, 0) is 5.92 Å². The van der Waals surface area contributed by atoms with E-state index in [1.807, 2.05) is 0 Å². The summed E-state index contributed by atoms with van der Waals surface area (Å²) in [5.41, 5.74) is 7.20. The molecule has 1 aromatic heterocycles. The first kappa shape index (κ1) is 23.5. The third-order valence-corrected chi connectivity index (χ3v) is 4.96. The SMILES string of the molecule is CC(C)C(=O)OC[C@H]1O[C@@H](n2ccc(NOC(=O)[C@H](N)C(C)C)nc2=O)[C@@H]2OC(=O)O[C@@H]21. The number of aromatic nitrogens is 2. The molecule has 13 heteroatoms. The molecule has 2 fully saturated rings. The van der Waals surface area contributed by atoms with Crippen LogP contribution in [0.5, 0.6) is 0 Å². The largest absolute Gasteiger partial charge is 0.509 e. The van der Waals surface area contributed by atoms with E-state index in [0.29, 0.717) is 0 Å². The van der Waals surface area contributed by atoms with Crippen LogP contribution in [-0.4, -0.2) is 58.6 Å². The summed E-state index contributed by atoms with van der Waals surface area (Å²) >= 11 is 0. The van der Waals surface area contributed by atoms with E-state index in [4.69, 9.17) is 29.5 Å². The molecule has 0 unspecified atom stereocenters. The van der Waals surface area contributed by atoms with Crippen LogP contribution < -0.4 is 16.9 Å². The summed E-state index contributed by atoms with van der Waals surface area (Å²) in [5, 5.41) is 0. The van der Waals surface area contributed by atoms with Gasteiger partial charge in [-0.15, -0.1) is 0 Å². The first-order valence-electron chi connectivity index (χ1n) is 10.1. The lowest BCUT2D eigenvalue weighted by atomic mass is 10.1. The number of hydrogen-bond acceptors (Lipinski definition) is 12. The van der Waals surface area contributed by atoms with Crippen LogP contribution in [0.3, 0.4) is 0 Å². The number of fused-ring (bicyclic) bond motifs is 1. The molecule has 0 aliphatic carbocycles. The van der Waals surface area contributed by atoms with Crippen molar-refractivity contribution in [2.75, 3.05) is 12.1 Å². The van der Waals surface area contributed by atoms with Gasteiger partial charge in [0.25, 0.3) is 0 Å². The Balaban J connectivity index is 1.70.